The van der Waals surface area contributed by atoms with Crippen molar-refractivity contribution in [1.29, 1.82) is 0 Å². The molecule has 0 aromatic heterocycles. The molecular weight excluding hydrogens is 168 g/mol. The van der Waals surface area contributed by atoms with Crippen molar-refractivity contribution in [2.45, 2.75) is 32.7 Å². The molecule has 78 valence electrons. The molecule has 0 aliphatic carbocycles. The molecule has 0 fully saturated rings. The second-order valence-electron chi connectivity index (χ2n) is 3.70. The van der Waals surface area contributed by atoms with E-state index in [1.54, 1.807) is 7.11 Å². The molecular formula is C9H20N2O2. The third-order valence-corrected chi connectivity index (χ3v) is 1.49. The first kappa shape index (κ1) is 12.2. The van der Waals surface area contributed by atoms with Crippen LogP contribution in [0.5, 0.6) is 0 Å². The molecule has 0 aromatic carbocycles. The van der Waals surface area contributed by atoms with Gasteiger partial charge in [-0.2, -0.15) is 0 Å². The van der Waals surface area contributed by atoms with E-state index in [0.29, 0.717) is 13.2 Å². The molecule has 0 bridgehead atoms. The molecule has 0 saturated heterocycles. The predicted molar refractivity (Wildman–Crippen MR) is 52.8 cm³/mol. The number of carbonyl (C=O) groups is 1. The van der Waals surface area contributed by atoms with Crippen molar-refractivity contribution >= 4 is 6.03 Å². The minimum atomic E-state index is -0.313. The van der Waals surface area contributed by atoms with Gasteiger partial charge in [-0.05, 0) is 20.3 Å². The zero-order valence-corrected chi connectivity index (χ0v) is 8.94. The van der Waals surface area contributed by atoms with Gasteiger partial charge in [-0.3, -0.25) is 0 Å². The first-order chi connectivity index (χ1) is 6.02. The molecule has 0 aromatic rings. The fraction of sp³-hybridized carbons (Fsp3) is 0.889. The number of amides is 2. The molecule has 0 aliphatic rings. The van der Waals surface area contributed by atoms with Crippen molar-refractivity contribution in [2.24, 2.45) is 0 Å². The van der Waals surface area contributed by atoms with E-state index in [2.05, 4.69) is 10.6 Å². The van der Waals surface area contributed by atoms with Crippen LogP contribution in [0.15, 0.2) is 0 Å². The maximum Gasteiger partial charge on any atom is 0.315 e. The fourth-order valence-electron chi connectivity index (χ4n) is 0.987. The highest BCUT2D eigenvalue weighted by molar-refractivity contribution is 5.74. The SMILES string of the molecule is CCCNC(=O)NC(C)(C)COC. The summed E-state index contributed by atoms with van der Waals surface area (Å²) in [4.78, 5) is 11.2. The smallest absolute Gasteiger partial charge is 0.315 e. The number of carbonyl (C=O) groups excluding carboxylic acids is 1. The van der Waals surface area contributed by atoms with Crippen molar-refractivity contribution in [2.75, 3.05) is 20.3 Å². The Bertz CT molecular complexity index is 158. The largest absolute Gasteiger partial charge is 0.382 e. The molecule has 0 atom stereocenters. The lowest BCUT2D eigenvalue weighted by Crippen LogP contribution is -2.51. The highest BCUT2D eigenvalue weighted by Crippen LogP contribution is 2.00. The maximum atomic E-state index is 11.2. The van der Waals surface area contributed by atoms with Gasteiger partial charge < -0.3 is 15.4 Å². The number of hydrogen-bond acceptors (Lipinski definition) is 2. The van der Waals surface area contributed by atoms with Gasteiger partial charge in [0.05, 0.1) is 12.1 Å². The van der Waals surface area contributed by atoms with Gasteiger partial charge in [0.2, 0.25) is 0 Å². The minimum Gasteiger partial charge on any atom is -0.382 e. The number of urea groups is 1. The van der Waals surface area contributed by atoms with Crippen LogP contribution in [0, 0.1) is 0 Å². The summed E-state index contributed by atoms with van der Waals surface area (Å²) in [7, 11) is 1.62. The van der Waals surface area contributed by atoms with Crippen LogP contribution in [0.2, 0.25) is 0 Å². The number of methoxy groups -OCH3 is 1. The summed E-state index contributed by atoms with van der Waals surface area (Å²) in [5.41, 5.74) is -0.313. The Morgan fingerprint density at radius 3 is 2.54 bits per heavy atom. The van der Waals surface area contributed by atoms with Crippen LogP contribution in [0.1, 0.15) is 27.2 Å². The number of hydrogen-bond donors (Lipinski definition) is 2. The van der Waals surface area contributed by atoms with Gasteiger partial charge in [-0.15, -0.1) is 0 Å². The van der Waals surface area contributed by atoms with E-state index >= 15 is 0 Å². The quantitative estimate of drug-likeness (QED) is 0.679. The standard InChI is InChI=1S/C9H20N2O2/c1-5-6-10-8(12)11-9(2,3)7-13-4/h5-7H2,1-4H3,(H2,10,11,12). The normalized spacial score (nSPS) is 11.1. The lowest BCUT2D eigenvalue weighted by molar-refractivity contribution is 0.131. The lowest BCUT2D eigenvalue weighted by Gasteiger charge is -2.25. The van der Waals surface area contributed by atoms with Gasteiger partial charge in [-0.1, -0.05) is 6.92 Å². The molecule has 0 rings (SSSR count). The summed E-state index contributed by atoms with van der Waals surface area (Å²) in [6.45, 7) is 7.06. The lowest BCUT2D eigenvalue weighted by atomic mass is 10.1. The fourth-order valence-corrected chi connectivity index (χ4v) is 0.987. The molecule has 0 saturated carbocycles. The third kappa shape index (κ3) is 6.40. The van der Waals surface area contributed by atoms with Crippen LogP contribution in [0.4, 0.5) is 4.79 Å². The zero-order valence-electron chi connectivity index (χ0n) is 8.94. The van der Waals surface area contributed by atoms with E-state index in [-0.39, 0.29) is 11.6 Å². The summed E-state index contributed by atoms with van der Waals surface area (Å²) in [5.74, 6) is 0. The molecule has 0 aliphatic heterocycles. The first-order valence-corrected chi connectivity index (χ1v) is 4.57. The Morgan fingerprint density at radius 1 is 1.46 bits per heavy atom. The molecule has 0 radical (unpaired) electrons. The van der Waals surface area contributed by atoms with Gasteiger partial charge >= 0.3 is 6.03 Å². The van der Waals surface area contributed by atoms with Gasteiger partial charge in [0.25, 0.3) is 0 Å². The molecule has 4 nitrogen and oxygen atoms in total. The van der Waals surface area contributed by atoms with Crippen LogP contribution >= 0.6 is 0 Å². The van der Waals surface area contributed by atoms with Crippen molar-refractivity contribution in [3.05, 3.63) is 0 Å². The molecule has 4 heteroatoms. The van der Waals surface area contributed by atoms with Crippen LogP contribution in [0.3, 0.4) is 0 Å². The molecule has 0 unspecified atom stereocenters. The van der Waals surface area contributed by atoms with Crippen molar-refractivity contribution in [1.82, 2.24) is 10.6 Å². The van der Waals surface area contributed by atoms with E-state index in [4.69, 9.17) is 4.74 Å². The average Bonchev–Trinajstić information content (AvgIpc) is 1.99. The molecule has 13 heavy (non-hydrogen) atoms. The highest BCUT2D eigenvalue weighted by Gasteiger charge is 2.19. The van der Waals surface area contributed by atoms with Crippen LogP contribution < -0.4 is 10.6 Å². The molecule has 0 spiro atoms. The van der Waals surface area contributed by atoms with Crippen molar-refractivity contribution in [3.8, 4) is 0 Å². The molecule has 0 heterocycles. The van der Waals surface area contributed by atoms with Gasteiger partial charge in [0.1, 0.15) is 0 Å². The van der Waals surface area contributed by atoms with E-state index in [1.165, 1.54) is 0 Å². The maximum absolute atomic E-state index is 11.2. The first-order valence-electron chi connectivity index (χ1n) is 4.57. The van der Waals surface area contributed by atoms with E-state index in [1.807, 2.05) is 20.8 Å². The Kier molecular flexibility index (Phi) is 5.46. The second kappa shape index (κ2) is 5.80. The van der Waals surface area contributed by atoms with Crippen molar-refractivity contribution in [3.63, 3.8) is 0 Å². The number of rotatable bonds is 5. The van der Waals surface area contributed by atoms with E-state index in [0.717, 1.165) is 6.42 Å². The minimum absolute atomic E-state index is 0.135. The molecule has 2 amide bonds. The van der Waals surface area contributed by atoms with Crippen LogP contribution in [-0.2, 0) is 4.74 Å². The third-order valence-electron chi connectivity index (χ3n) is 1.49. The predicted octanol–water partition coefficient (Wildman–Crippen LogP) is 1.12. The average molecular weight is 188 g/mol. The summed E-state index contributed by atoms with van der Waals surface area (Å²) < 4.78 is 4.97. The Morgan fingerprint density at radius 2 is 2.08 bits per heavy atom. The highest BCUT2D eigenvalue weighted by atomic mass is 16.5. The Hall–Kier alpha value is -0.770. The summed E-state index contributed by atoms with van der Waals surface area (Å²) in [6.07, 6.45) is 0.943. The summed E-state index contributed by atoms with van der Waals surface area (Å²) >= 11 is 0. The van der Waals surface area contributed by atoms with Crippen LogP contribution in [-0.4, -0.2) is 31.8 Å². The topological polar surface area (TPSA) is 50.4 Å². The Labute approximate surface area is 80.0 Å². The Balaban J connectivity index is 3.75. The van der Waals surface area contributed by atoms with Crippen molar-refractivity contribution < 1.29 is 9.53 Å². The zero-order chi connectivity index (χ0) is 10.3. The summed E-state index contributed by atoms with van der Waals surface area (Å²) in [5, 5.41) is 5.56. The summed E-state index contributed by atoms with van der Waals surface area (Å²) in [6, 6.07) is -0.135. The monoisotopic (exact) mass is 188 g/mol. The number of nitrogens with one attached hydrogen (secondary N) is 2. The number of ether oxygens (including phenoxy) is 1. The van der Waals surface area contributed by atoms with Gasteiger partial charge in [0, 0.05) is 13.7 Å². The molecule has 2 N–H and O–H groups in total. The van der Waals surface area contributed by atoms with E-state index in [9.17, 15) is 4.79 Å². The van der Waals surface area contributed by atoms with Gasteiger partial charge in [0.15, 0.2) is 0 Å². The second-order valence-corrected chi connectivity index (χ2v) is 3.70. The van der Waals surface area contributed by atoms with E-state index < -0.39 is 0 Å². The van der Waals surface area contributed by atoms with Crippen LogP contribution in [0.25, 0.3) is 0 Å². The van der Waals surface area contributed by atoms with Gasteiger partial charge in [-0.25, -0.2) is 4.79 Å².